The minimum atomic E-state index is 0.675. The van der Waals surface area contributed by atoms with Crippen LogP contribution in [0.15, 0.2) is 24.3 Å². The van der Waals surface area contributed by atoms with Crippen molar-refractivity contribution in [1.82, 2.24) is 5.32 Å². The molecule has 1 N–H and O–H groups in total. The molecule has 2 rings (SSSR count). The molecule has 2 atom stereocenters. The SMILES string of the molecule is CCCCOc1ccc(CNC2CCCCC2SC)cc1. The fourth-order valence-electron chi connectivity index (χ4n) is 2.90. The molecule has 1 aliphatic carbocycles. The van der Waals surface area contributed by atoms with Crippen molar-refractivity contribution in [2.75, 3.05) is 12.9 Å². The molecule has 1 aromatic carbocycles. The lowest BCUT2D eigenvalue weighted by atomic mass is 9.94. The van der Waals surface area contributed by atoms with Gasteiger partial charge in [-0.3, -0.25) is 0 Å². The van der Waals surface area contributed by atoms with E-state index in [-0.39, 0.29) is 0 Å². The molecule has 0 aliphatic heterocycles. The zero-order valence-corrected chi connectivity index (χ0v) is 14.3. The van der Waals surface area contributed by atoms with E-state index in [0.29, 0.717) is 6.04 Å². The second-order valence-corrected chi connectivity index (χ2v) is 6.97. The lowest BCUT2D eigenvalue weighted by molar-refractivity contribution is 0.309. The van der Waals surface area contributed by atoms with E-state index < -0.39 is 0 Å². The van der Waals surface area contributed by atoms with E-state index in [0.717, 1.165) is 30.6 Å². The Labute approximate surface area is 134 Å². The summed E-state index contributed by atoms with van der Waals surface area (Å²) in [5.41, 5.74) is 1.35. The highest BCUT2D eigenvalue weighted by atomic mass is 32.2. The highest BCUT2D eigenvalue weighted by Gasteiger charge is 2.23. The topological polar surface area (TPSA) is 21.3 Å². The number of hydrogen-bond donors (Lipinski definition) is 1. The summed E-state index contributed by atoms with van der Waals surface area (Å²) >= 11 is 2.02. The Bertz CT molecular complexity index is 393. The van der Waals surface area contributed by atoms with Crippen LogP contribution in [0.3, 0.4) is 0 Å². The van der Waals surface area contributed by atoms with Crippen molar-refractivity contribution in [1.29, 1.82) is 0 Å². The molecule has 1 saturated carbocycles. The molecule has 0 amide bonds. The fraction of sp³-hybridized carbons (Fsp3) is 0.667. The van der Waals surface area contributed by atoms with Gasteiger partial charge in [0.05, 0.1) is 6.61 Å². The van der Waals surface area contributed by atoms with Crippen LogP contribution in [-0.2, 0) is 6.54 Å². The van der Waals surface area contributed by atoms with Crippen LogP contribution in [0.5, 0.6) is 5.75 Å². The van der Waals surface area contributed by atoms with Crippen molar-refractivity contribution < 1.29 is 4.74 Å². The monoisotopic (exact) mass is 307 g/mol. The van der Waals surface area contributed by atoms with Gasteiger partial charge in [-0.1, -0.05) is 38.3 Å². The number of thioether (sulfide) groups is 1. The third kappa shape index (κ3) is 5.55. The van der Waals surface area contributed by atoms with Gasteiger partial charge in [0.2, 0.25) is 0 Å². The summed E-state index contributed by atoms with van der Waals surface area (Å²) in [6, 6.07) is 9.24. The summed E-state index contributed by atoms with van der Waals surface area (Å²) in [6.07, 6.45) is 10.0. The van der Waals surface area contributed by atoms with Crippen LogP contribution in [0.25, 0.3) is 0 Å². The molecule has 0 radical (unpaired) electrons. The number of benzene rings is 1. The average Bonchev–Trinajstić information content (AvgIpc) is 2.54. The molecule has 3 heteroatoms. The minimum absolute atomic E-state index is 0.675. The molecule has 118 valence electrons. The fourth-order valence-corrected chi connectivity index (χ4v) is 3.86. The summed E-state index contributed by atoms with van der Waals surface area (Å²) in [6.45, 7) is 3.98. The molecule has 0 bridgehead atoms. The summed E-state index contributed by atoms with van der Waals surface area (Å²) in [5.74, 6) is 0.992. The molecule has 0 heterocycles. The molecular formula is C18H29NOS. The van der Waals surface area contributed by atoms with Crippen LogP contribution in [-0.4, -0.2) is 24.2 Å². The van der Waals surface area contributed by atoms with Gasteiger partial charge in [-0.15, -0.1) is 0 Å². The van der Waals surface area contributed by atoms with Crippen molar-refractivity contribution in [3.63, 3.8) is 0 Å². The van der Waals surface area contributed by atoms with Crippen molar-refractivity contribution in [3.05, 3.63) is 29.8 Å². The first-order valence-electron chi connectivity index (χ1n) is 8.31. The summed E-state index contributed by atoms with van der Waals surface area (Å²) in [4.78, 5) is 0. The van der Waals surface area contributed by atoms with Gasteiger partial charge in [0.25, 0.3) is 0 Å². The van der Waals surface area contributed by atoms with Gasteiger partial charge in [0, 0.05) is 17.8 Å². The van der Waals surface area contributed by atoms with E-state index in [9.17, 15) is 0 Å². The van der Waals surface area contributed by atoms with Gasteiger partial charge in [-0.05, 0) is 43.2 Å². The maximum Gasteiger partial charge on any atom is 0.119 e. The van der Waals surface area contributed by atoms with Crippen molar-refractivity contribution in [2.24, 2.45) is 0 Å². The molecule has 1 fully saturated rings. The third-order valence-corrected chi connectivity index (χ3v) is 5.43. The van der Waals surface area contributed by atoms with Gasteiger partial charge in [0.15, 0.2) is 0 Å². The normalized spacial score (nSPS) is 22.2. The van der Waals surface area contributed by atoms with E-state index in [4.69, 9.17) is 4.74 Å². The van der Waals surface area contributed by atoms with Crippen LogP contribution in [0.4, 0.5) is 0 Å². The Morgan fingerprint density at radius 3 is 2.67 bits per heavy atom. The zero-order chi connectivity index (χ0) is 14.9. The zero-order valence-electron chi connectivity index (χ0n) is 13.4. The Kier molecular flexibility index (Phi) is 7.45. The van der Waals surface area contributed by atoms with Crippen molar-refractivity contribution >= 4 is 11.8 Å². The molecule has 0 aromatic heterocycles. The Morgan fingerprint density at radius 2 is 1.95 bits per heavy atom. The predicted molar refractivity (Wildman–Crippen MR) is 93.2 cm³/mol. The van der Waals surface area contributed by atoms with E-state index in [1.165, 1.54) is 37.7 Å². The van der Waals surface area contributed by atoms with Crippen molar-refractivity contribution in [3.8, 4) is 5.75 Å². The molecule has 21 heavy (non-hydrogen) atoms. The third-order valence-electron chi connectivity index (χ3n) is 4.26. The first kappa shape index (κ1) is 16.7. The van der Waals surface area contributed by atoms with Crippen LogP contribution >= 0.6 is 11.8 Å². The van der Waals surface area contributed by atoms with Gasteiger partial charge in [-0.25, -0.2) is 0 Å². The van der Waals surface area contributed by atoms with Crippen LogP contribution in [0, 0.1) is 0 Å². The summed E-state index contributed by atoms with van der Waals surface area (Å²) < 4.78 is 5.71. The maximum atomic E-state index is 5.71. The van der Waals surface area contributed by atoms with Crippen LogP contribution < -0.4 is 10.1 Å². The molecule has 2 nitrogen and oxygen atoms in total. The quantitative estimate of drug-likeness (QED) is 0.708. The first-order chi connectivity index (χ1) is 10.3. The van der Waals surface area contributed by atoms with Gasteiger partial charge >= 0.3 is 0 Å². The maximum absolute atomic E-state index is 5.71. The van der Waals surface area contributed by atoms with Crippen LogP contribution in [0.2, 0.25) is 0 Å². The lowest BCUT2D eigenvalue weighted by Crippen LogP contribution is -2.39. The molecule has 2 unspecified atom stereocenters. The Balaban J connectivity index is 1.77. The molecule has 1 aromatic rings. The van der Waals surface area contributed by atoms with Crippen molar-refractivity contribution in [2.45, 2.75) is 63.3 Å². The highest BCUT2D eigenvalue weighted by Crippen LogP contribution is 2.27. The lowest BCUT2D eigenvalue weighted by Gasteiger charge is -2.31. The molecular weight excluding hydrogens is 278 g/mol. The molecule has 0 saturated heterocycles. The number of nitrogens with one attached hydrogen (secondary N) is 1. The van der Waals surface area contributed by atoms with Crippen LogP contribution in [0.1, 0.15) is 51.0 Å². The number of hydrogen-bond acceptors (Lipinski definition) is 3. The van der Waals surface area contributed by atoms with Gasteiger partial charge < -0.3 is 10.1 Å². The summed E-state index contributed by atoms with van der Waals surface area (Å²) in [5, 5.41) is 4.54. The second kappa shape index (κ2) is 9.37. The molecule has 0 spiro atoms. The number of unbranched alkanes of at least 4 members (excludes halogenated alkanes) is 1. The van der Waals surface area contributed by atoms with E-state index in [1.807, 2.05) is 11.8 Å². The highest BCUT2D eigenvalue weighted by molar-refractivity contribution is 7.99. The predicted octanol–water partition coefficient (Wildman–Crippen LogP) is 4.63. The van der Waals surface area contributed by atoms with Gasteiger partial charge in [0.1, 0.15) is 5.75 Å². The Hall–Kier alpha value is -0.670. The van der Waals surface area contributed by atoms with E-state index in [1.54, 1.807) is 0 Å². The standard InChI is InChI=1S/C18H29NOS/c1-3-4-13-20-16-11-9-15(10-12-16)14-19-17-7-5-6-8-18(17)21-2/h9-12,17-19H,3-8,13-14H2,1-2H3. The van der Waals surface area contributed by atoms with Gasteiger partial charge in [-0.2, -0.15) is 11.8 Å². The largest absolute Gasteiger partial charge is 0.494 e. The minimum Gasteiger partial charge on any atom is -0.494 e. The smallest absolute Gasteiger partial charge is 0.119 e. The average molecular weight is 308 g/mol. The Morgan fingerprint density at radius 1 is 1.19 bits per heavy atom. The number of ether oxygens (including phenoxy) is 1. The molecule has 1 aliphatic rings. The number of rotatable bonds is 8. The van der Waals surface area contributed by atoms with E-state index in [2.05, 4.69) is 42.8 Å². The second-order valence-electron chi connectivity index (χ2n) is 5.89. The first-order valence-corrected chi connectivity index (χ1v) is 9.60. The van der Waals surface area contributed by atoms with E-state index >= 15 is 0 Å². The summed E-state index contributed by atoms with van der Waals surface area (Å²) in [7, 11) is 0.